The summed E-state index contributed by atoms with van der Waals surface area (Å²) in [6.07, 6.45) is 68.7. The number of hydrogen-bond acceptors (Lipinski definition) is 4. The maximum absolute atomic E-state index is 12.6. The van der Waals surface area contributed by atoms with E-state index in [1.807, 2.05) is 0 Å². The Kier molecular flexibility index (Phi) is 61.5. The van der Waals surface area contributed by atoms with Crippen molar-refractivity contribution in [1.29, 1.82) is 0 Å². The lowest BCUT2D eigenvalue weighted by Crippen LogP contribution is -2.31. The minimum atomic E-state index is 0.217. The van der Waals surface area contributed by atoms with Crippen LogP contribution >= 0.6 is 0 Å². The molecular formula is C66H132N4O3. The fraction of sp³-hybridized carbons (Fsp3) is 0.955. The van der Waals surface area contributed by atoms with Gasteiger partial charge >= 0.3 is 0 Å². The lowest BCUT2D eigenvalue weighted by Gasteiger charge is -2.22. The molecule has 0 radical (unpaired) electrons. The summed E-state index contributed by atoms with van der Waals surface area (Å²) in [5.41, 5.74) is 0. The van der Waals surface area contributed by atoms with E-state index in [1.165, 1.54) is 270 Å². The van der Waals surface area contributed by atoms with E-state index in [4.69, 9.17) is 0 Å². The van der Waals surface area contributed by atoms with Crippen LogP contribution in [0.1, 0.15) is 367 Å². The summed E-state index contributed by atoms with van der Waals surface area (Å²) in [5.74, 6) is 0.652. The summed E-state index contributed by atoms with van der Waals surface area (Å²) in [4.78, 5) is 40.2. The van der Waals surface area contributed by atoms with Gasteiger partial charge in [-0.25, -0.2) is 0 Å². The topological polar surface area (TPSA) is 90.5 Å². The third kappa shape index (κ3) is 61.1. The summed E-state index contributed by atoms with van der Waals surface area (Å²) in [7, 11) is 0. The minimum absolute atomic E-state index is 0.217. The fourth-order valence-corrected chi connectivity index (χ4v) is 10.6. The molecule has 0 saturated heterocycles. The molecule has 7 heteroatoms. The van der Waals surface area contributed by atoms with Gasteiger partial charge in [-0.1, -0.05) is 290 Å². The molecule has 0 bridgehead atoms. The molecule has 7 nitrogen and oxygen atoms in total. The highest BCUT2D eigenvalue weighted by Crippen LogP contribution is 2.17. The van der Waals surface area contributed by atoms with Crippen LogP contribution in [-0.4, -0.2) is 61.9 Å². The first-order valence-electron chi connectivity index (χ1n) is 33.6. The van der Waals surface area contributed by atoms with Gasteiger partial charge in [0.1, 0.15) is 0 Å². The average molecular weight is 1030 g/mol. The van der Waals surface area contributed by atoms with Gasteiger partial charge in [0.15, 0.2) is 0 Å². The van der Waals surface area contributed by atoms with E-state index in [0.29, 0.717) is 19.3 Å². The highest BCUT2D eigenvalue weighted by atomic mass is 16.2. The molecule has 0 saturated carbocycles. The predicted molar refractivity (Wildman–Crippen MR) is 322 cm³/mol. The zero-order chi connectivity index (χ0) is 52.9. The Morgan fingerprint density at radius 3 is 0.562 bits per heavy atom. The average Bonchev–Trinajstić information content (AvgIpc) is 3.39. The molecular weight excluding hydrogens is 897 g/mol. The van der Waals surface area contributed by atoms with Gasteiger partial charge in [0.05, 0.1) is 0 Å². The van der Waals surface area contributed by atoms with Gasteiger partial charge in [-0.2, -0.15) is 0 Å². The van der Waals surface area contributed by atoms with Gasteiger partial charge in [0.2, 0.25) is 17.7 Å². The Morgan fingerprint density at radius 1 is 0.219 bits per heavy atom. The molecule has 0 spiro atoms. The Morgan fingerprint density at radius 2 is 0.384 bits per heavy atom. The van der Waals surface area contributed by atoms with E-state index in [9.17, 15) is 14.4 Å². The highest BCUT2D eigenvalue weighted by molar-refractivity contribution is 5.76. The summed E-state index contributed by atoms with van der Waals surface area (Å²) in [6.45, 7) is 12.3. The van der Waals surface area contributed by atoms with E-state index in [2.05, 4.69) is 41.6 Å². The smallest absolute Gasteiger partial charge is 0.219 e. The van der Waals surface area contributed by atoms with E-state index >= 15 is 0 Å². The molecule has 0 rings (SSSR count). The van der Waals surface area contributed by atoms with Crippen LogP contribution in [0.25, 0.3) is 0 Å². The zero-order valence-electron chi connectivity index (χ0n) is 50.1. The van der Waals surface area contributed by atoms with Crippen molar-refractivity contribution in [2.24, 2.45) is 0 Å². The van der Waals surface area contributed by atoms with E-state index in [0.717, 1.165) is 97.1 Å². The third-order valence-corrected chi connectivity index (χ3v) is 15.7. The summed E-state index contributed by atoms with van der Waals surface area (Å²) in [5, 5.41) is 9.58. The van der Waals surface area contributed by atoms with Crippen molar-refractivity contribution < 1.29 is 14.4 Å². The monoisotopic (exact) mass is 1030 g/mol. The molecule has 0 heterocycles. The number of amides is 3. The quantitative estimate of drug-likeness (QED) is 0.0530. The van der Waals surface area contributed by atoms with Gasteiger partial charge < -0.3 is 20.9 Å². The molecule has 73 heavy (non-hydrogen) atoms. The first kappa shape index (κ1) is 71.4. The number of carbonyl (C=O) groups excluding carboxylic acids is 3. The number of carbonyl (C=O) groups is 3. The summed E-state index contributed by atoms with van der Waals surface area (Å²) >= 11 is 0. The number of unbranched alkanes of at least 4 members (excludes halogenated alkanes) is 45. The van der Waals surface area contributed by atoms with Crippen LogP contribution in [0.15, 0.2) is 0 Å². The van der Waals surface area contributed by atoms with Gasteiger partial charge in [0.25, 0.3) is 0 Å². The van der Waals surface area contributed by atoms with Crippen molar-refractivity contribution in [3.63, 3.8) is 0 Å². The molecule has 0 aromatic carbocycles. The van der Waals surface area contributed by atoms with Crippen molar-refractivity contribution in [2.45, 2.75) is 367 Å². The van der Waals surface area contributed by atoms with E-state index in [1.54, 1.807) is 0 Å². The molecule has 3 amide bonds. The summed E-state index contributed by atoms with van der Waals surface area (Å²) < 4.78 is 0. The largest absolute Gasteiger partial charge is 0.356 e. The van der Waals surface area contributed by atoms with Gasteiger partial charge in [-0.05, 0) is 77.4 Å². The lowest BCUT2D eigenvalue weighted by atomic mass is 10.0. The second kappa shape index (κ2) is 62.9. The maximum Gasteiger partial charge on any atom is 0.219 e. The number of rotatable bonds is 63. The Bertz CT molecular complexity index is 969. The Labute approximate surface area is 457 Å². The van der Waals surface area contributed by atoms with Crippen molar-refractivity contribution in [3.8, 4) is 0 Å². The van der Waals surface area contributed by atoms with Crippen LogP contribution in [0.2, 0.25) is 0 Å². The molecule has 0 aromatic rings. The summed E-state index contributed by atoms with van der Waals surface area (Å²) in [6, 6.07) is 0. The third-order valence-electron chi connectivity index (χ3n) is 15.7. The number of nitrogens with zero attached hydrogens (tertiary/aromatic N) is 1. The molecule has 0 aromatic heterocycles. The number of nitrogens with one attached hydrogen (secondary N) is 3. The standard InChI is InChI=1S/C66H132N4O3/c1-4-7-10-13-16-19-22-25-28-31-34-37-40-43-46-55-64(71)67-58-49-52-61-70(62-53-50-59-68-65(72)56-47-44-41-38-35-32-29-26-23-20-17-14-11-8-5-2)63-54-51-60-69-66(73)57-48-45-42-39-36-33-30-27-24-21-18-15-12-9-6-3/h4-63H2,1-3H3,(H,67,71)(H,68,72)(H,69,73). The van der Waals surface area contributed by atoms with Gasteiger partial charge in [-0.3, -0.25) is 14.4 Å². The molecule has 0 aliphatic rings. The van der Waals surface area contributed by atoms with Gasteiger partial charge in [-0.15, -0.1) is 0 Å². The Hall–Kier alpha value is -1.63. The molecule has 434 valence electrons. The maximum atomic E-state index is 12.6. The fourth-order valence-electron chi connectivity index (χ4n) is 10.6. The van der Waals surface area contributed by atoms with Crippen LogP contribution in [0.5, 0.6) is 0 Å². The SMILES string of the molecule is CCCCCCCCCCCCCCCCCC(=O)NCCCCN(CCCCNC(=O)CCCCCCCCCCCCCCCCC)CCCCNC(=O)CCCCCCCCCCCCCCCCC. The zero-order valence-corrected chi connectivity index (χ0v) is 50.1. The molecule has 0 unspecified atom stereocenters. The van der Waals surface area contributed by atoms with Crippen LogP contribution in [0, 0.1) is 0 Å². The minimum Gasteiger partial charge on any atom is -0.356 e. The molecule has 0 atom stereocenters. The van der Waals surface area contributed by atoms with Crippen molar-refractivity contribution in [1.82, 2.24) is 20.9 Å². The van der Waals surface area contributed by atoms with E-state index in [-0.39, 0.29) is 17.7 Å². The molecule has 0 aliphatic carbocycles. The lowest BCUT2D eigenvalue weighted by molar-refractivity contribution is -0.122. The molecule has 0 fully saturated rings. The van der Waals surface area contributed by atoms with Crippen molar-refractivity contribution in [2.75, 3.05) is 39.3 Å². The van der Waals surface area contributed by atoms with Crippen LogP contribution < -0.4 is 16.0 Å². The number of hydrogen-bond donors (Lipinski definition) is 3. The molecule has 3 N–H and O–H groups in total. The van der Waals surface area contributed by atoms with Gasteiger partial charge in [0, 0.05) is 38.9 Å². The predicted octanol–water partition coefficient (Wildman–Crippen LogP) is 19.8. The first-order valence-corrected chi connectivity index (χ1v) is 33.6. The Balaban J connectivity index is 4.23. The first-order chi connectivity index (χ1) is 36.0. The van der Waals surface area contributed by atoms with Crippen LogP contribution in [0.3, 0.4) is 0 Å². The normalized spacial score (nSPS) is 11.5. The second-order valence-electron chi connectivity index (χ2n) is 23.1. The van der Waals surface area contributed by atoms with Crippen molar-refractivity contribution in [3.05, 3.63) is 0 Å². The van der Waals surface area contributed by atoms with Crippen LogP contribution in [0.4, 0.5) is 0 Å². The van der Waals surface area contributed by atoms with E-state index < -0.39 is 0 Å². The second-order valence-corrected chi connectivity index (χ2v) is 23.1. The highest BCUT2D eigenvalue weighted by Gasteiger charge is 2.08. The van der Waals surface area contributed by atoms with Crippen molar-refractivity contribution >= 4 is 17.7 Å². The van der Waals surface area contributed by atoms with Crippen LogP contribution in [-0.2, 0) is 14.4 Å². The molecule has 0 aliphatic heterocycles.